The molecule has 3 rings (SSSR count). The van der Waals surface area contributed by atoms with Gasteiger partial charge in [0.05, 0.1) is 25.5 Å². The third kappa shape index (κ3) is 3.37. The van der Waals surface area contributed by atoms with E-state index in [1.165, 1.54) is 0 Å². The van der Waals surface area contributed by atoms with Crippen molar-refractivity contribution in [3.63, 3.8) is 0 Å². The van der Waals surface area contributed by atoms with E-state index in [0.29, 0.717) is 31.7 Å². The second-order valence-corrected chi connectivity index (χ2v) is 4.75. The van der Waals surface area contributed by atoms with Crippen LogP contribution in [0.1, 0.15) is 5.69 Å². The van der Waals surface area contributed by atoms with E-state index in [4.69, 9.17) is 10.5 Å². The fourth-order valence-electron chi connectivity index (χ4n) is 2.09. The van der Waals surface area contributed by atoms with Gasteiger partial charge >= 0.3 is 0 Å². The van der Waals surface area contributed by atoms with Gasteiger partial charge in [0.2, 0.25) is 17.8 Å². The summed E-state index contributed by atoms with van der Waals surface area (Å²) >= 11 is 0. The lowest BCUT2D eigenvalue weighted by atomic mass is 10.4. The summed E-state index contributed by atoms with van der Waals surface area (Å²) in [7, 11) is 1.88. The topological polar surface area (TPSA) is 107 Å². The Labute approximate surface area is 122 Å². The van der Waals surface area contributed by atoms with Gasteiger partial charge in [-0.3, -0.25) is 4.68 Å². The van der Waals surface area contributed by atoms with Crippen molar-refractivity contribution in [1.29, 1.82) is 0 Å². The van der Waals surface area contributed by atoms with Gasteiger partial charge in [0.15, 0.2) is 0 Å². The number of aromatic nitrogens is 5. The minimum atomic E-state index is 0.204. The molecule has 3 N–H and O–H groups in total. The molecule has 0 unspecified atom stereocenters. The van der Waals surface area contributed by atoms with E-state index < -0.39 is 0 Å². The van der Waals surface area contributed by atoms with Crippen LogP contribution in [0, 0.1) is 0 Å². The average molecular weight is 290 g/mol. The van der Waals surface area contributed by atoms with Crippen LogP contribution >= 0.6 is 0 Å². The Bertz CT molecular complexity index is 607. The van der Waals surface area contributed by atoms with Gasteiger partial charge in [0.1, 0.15) is 0 Å². The summed E-state index contributed by atoms with van der Waals surface area (Å²) < 4.78 is 7.07. The molecular formula is C12H18N8O. The molecule has 112 valence electrons. The Morgan fingerprint density at radius 1 is 1.29 bits per heavy atom. The highest BCUT2D eigenvalue weighted by Crippen LogP contribution is 2.13. The molecule has 1 fully saturated rings. The van der Waals surface area contributed by atoms with E-state index in [9.17, 15) is 0 Å². The average Bonchev–Trinajstić information content (AvgIpc) is 2.91. The van der Waals surface area contributed by atoms with Crippen molar-refractivity contribution < 1.29 is 4.74 Å². The van der Waals surface area contributed by atoms with Crippen LogP contribution in [-0.4, -0.2) is 51.0 Å². The zero-order valence-corrected chi connectivity index (χ0v) is 11.9. The summed E-state index contributed by atoms with van der Waals surface area (Å²) in [6.45, 7) is 3.38. The molecule has 21 heavy (non-hydrogen) atoms. The maximum atomic E-state index is 5.76. The summed E-state index contributed by atoms with van der Waals surface area (Å²) in [4.78, 5) is 14.7. The molecule has 1 aliphatic heterocycles. The smallest absolute Gasteiger partial charge is 0.232 e. The molecule has 0 aliphatic carbocycles. The minimum Gasteiger partial charge on any atom is -0.378 e. The Morgan fingerprint density at radius 3 is 2.81 bits per heavy atom. The SMILES string of the molecule is Cn1ccc(CNc2nc(N)nc(N3CCOCC3)n2)n1. The molecule has 0 saturated carbocycles. The molecule has 2 aromatic heterocycles. The van der Waals surface area contributed by atoms with Gasteiger partial charge in [-0.05, 0) is 6.07 Å². The number of nitrogens with two attached hydrogens (primary N) is 1. The third-order valence-electron chi connectivity index (χ3n) is 3.13. The number of anilines is 3. The number of nitrogens with one attached hydrogen (secondary N) is 1. The van der Waals surface area contributed by atoms with Gasteiger partial charge in [-0.1, -0.05) is 0 Å². The molecule has 3 heterocycles. The van der Waals surface area contributed by atoms with Crippen molar-refractivity contribution in [3.05, 3.63) is 18.0 Å². The van der Waals surface area contributed by atoms with Gasteiger partial charge in [-0.25, -0.2) is 0 Å². The molecule has 0 amide bonds. The fraction of sp³-hybridized carbons (Fsp3) is 0.500. The largest absolute Gasteiger partial charge is 0.378 e. The molecular weight excluding hydrogens is 272 g/mol. The van der Waals surface area contributed by atoms with Crippen LogP contribution in [0.5, 0.6) is 0 Å². The summed E-state index contributed by atoms with van der Waals surface area (Å²) in [5.74, 6) is 1.24. The van der Waals surface area contributed by atoms with Crippen molar-refractivity contribution in [1.82, 2.24) is 24.7 Å². The summed E-state index contributed by atoms with van der Waals surface area (Å²) in [6.07, 6.45) is 1.89. The van der Waals surface area contributed by atoms with E-state index in [1.807, 2.05) is 24.2 Å². The van der Waals surface area contributed by atoms with Gasteiger partial charge in [0, 0.05) is 26.3 Å². The van der Waals surface area contributed by atoms with E-state index in [2.05, 4.69) is 25.4 Å². The second kappa shape index (κ2) is 5.92. The van der Waals surface area contributed by atoms with Crippen LogP contribution in [0.25, 0.3) is 0 Å². The van der Waals surface area contributed by atoms with Gasteiger partial charge < -0.3 is 20.7 Å². The highest BCUT2D eigenvalue weighted by molar-refractivity contribution is 5.42. The number of aryl methyl sites for hydroxylation is 1. The summed E-state index contributed by atoms with van der Waals surface area (Å²) in [5, 5.41) is 7.40. The number of nitrogens with zero attached hydrogens (tertiary/aromatic N) is 6. The number of morpholine rings is 1. The zero-order valence-electron chi connectivity index (χ0n) is 11.9. The molecule has 0 atom stereocenters. The van der Waals surface area contributed by atoms with Crippen LogP contribution in [0.15, 0.2) is 12.3 Å². The van der Waals surface area contributed by atoms with Crippen LogP contribution in [0.3, 0.4) is 0 Å². The first-order valence-electron chi connectivity index (χ1n) is 6.77. The van der Waals surface area contributed by atoms with Crippen molar-refractivity contribution in [2.24, 2.45) is 7.05 Å². The Morgan fingerprint density at radius 2 is 2.10 bits per heavy atom. The lowest BCUT2D eigenvalue weighted by Gasteiger charge is -2.26. The van der Waals surface area contributed by atoms with Gasteiger partial charge in [0.25, 0.3) is 0 Å². The normalized spacial score (nSPS) is 15.2. The predicted molar refractivity (Wildman–Crippen MR) is 77.8 cm³/mol. The first-order chi connectivity index (χ1) is 10.2. The maximum absolute atomic E-state index is 5.76. The Hall–Kier alpha value is -2.42. The van der Waals surface area contributed by atoms with Crippen LogP contribution < -0.4 is 16.0 Å². The first-order valence-corrected chi connectivity index (χ1v) is 6.77. The predicted octanol–water partition coefficient (Wildman–Crippen LogP) is -0.364. The summed E-state index contributed by atoms with van der Waals surface area (Å²) in [5.41, 5.74) is 6.67. The standard InChI is InChI=1S/C12H18N8O/c1-19-3-2-9(18-19)8-14-11-15-10(13)16-12(17-11)20-4-6-21-7-5-20/h2-3H,4-8H2,1H3,(H3,13,14,15,16,17). The number of rotatable bonds is 4. The van der Waals surface area contributed by atoms with Crippen molar-refractivity contribution in [2.45, 2.75) is 6.54 Å². The fourth-order valence-corrected chi connectivity index (χ4v) is 2.09. The number of nitrogen functional groups attached to an aromatic ring is 1. The third-order valence-corrected chi connectivity index (χ3v) is 3.13. The molecule has 0 radical (unpaired) electrons. The number of hydrogen-bond donors (Lipinski definition) is 2. The van der Waals surface area contributed by atoms with Crippen molar-refractivity contribution in [3.8, 4) is 0 Å². The molecule has 0 bridgehead atoms. The minimum absolute atomic E-state index is 0.204. The molecule has 0 spiro atoms. The summed E-state index contributed by atoms with van der Waals surface area (Å²) in [6, 6.07) is 1.93. The first kappa shape index (κ1) is 13.6. The van der Waals surface area contributed by atoms with Crippen LogP contribution in [0.4, 0.5) is 17.8 Å². The maximum Gasteiger partial charge on any atom is 0.232 e. The van der Waals surface area contributed by atoms with Crippen molar-refractivity contribution in [2.75, 3.05) is 42.3 Å². The molecule has 1 aliphatic rings. The molecule has 2 aromatic rings. The lowest BCUT2D eigenvalue weighted by Crippen LogP contribution is -2.37. The number of hydrogen-bond acceptors (Lipinski definition) is 8. The number of ether oxygens (including phenoxy) is 1. The second-order valence-electron chi connectivity index (χ2n) is 4.75. The van der Waals surface area contributed by atoms with E-state index in [1.54, 1.807) is 4.68 Å². The van der Waals surface area contributed by atoms with Crippen LogP contribution in [0.2, 0.25) is 0 Å². The highest BCUT2D eigenvalue weighted by atomic mass is 16.5. The molecule has 9 heteroatoms. The molecule has 1 saturated heterocycles. The van der Waals surface area contributed by atoms with E-state index in [-0.39, 0.29) is 5.95 Å². The Kier molecular flexibility index (Phi) is 3.82. The van der Waals surface area contributed by atoms with Gasteiger partial charge in [-0.2, -0.15) is 20.1 Å². The van der Waals surface area contributed by atoms with E-state index in [0.717, 1.165) is 18.8 Å². The lowest BCUT2D eigenvalue weighted by molar-refractivity contribution is 0.122. The highest BCUT2D eigenvalue weighted by Gasteiger charge is 2.15. The van der Waals surface area contributed by atoms with E-state index >= 15 is 0 Å². The van der Waals surface area contributed by atoms with Crippen LogP contribution in [-0.2, 0) is 18.3 Å². The zero-order chi connectivity index (χ0) is 14.7. The quantitative estimate of drug-likeness (QED) is 0.786. The molecule has 9 nitrogen and oxygen atoms in total. The molecule has 0 aromatic carbocycles. The Balaban J connectivity index is 1.71. The monoisotopic (exact) mass is 290 g/mol. The van der Waals surface area contributed by atoms with Gasteiger partial charge in [-0.15, -0.1) is 0 Å². The van der Waals surface area contributed by atoms with Crippen molar-refractivity contribution >= 4 is 17.8 Å².